The van der Waals surface area contributed by atoms with E-state index >= 15 is 0 Å². The van der Waals surface area contributed by atoms with Crippen LogP contribution in [0.2, 0.25) is 5.02 Å². The van der Waals surface area contributed by atoms with E-state index in [1.807, 2.05) is 18.3 Å². The molecule has 6 heteroatoms. The van der Waals surface area contributed by atoms with Crippen LogP contribution in [0.1, 0.15) is 17.7 Å². The number of hydrogen-bond donors (Lipinski definition) is 1. The molecule has 1 aromatic carbocycles. The van der Waals surface area contributed by atoms with Gasteiger partial charge in [-0.3, -0.25) is 4.79 Å². The van der Waals surface area contributed by atoms with Crippen LogP contribution in [0.15, 0.2) is 42.6 Å². The number of anilines is 2. The largest absolute Gasteiger partial charge is 0.356 e. The van der Waals surface area contributed by atoms with Crippen molar-refractivity contribution in [3.8, 4) is 0 Å². The van der Waals surface area contributed by atoms with Crippen molar-refractivity contribution in [2.24, 2.45) is 5.92 Å². The maximum Gasteiger partial charge on any atom is 0.227 e. The van der Waals surface area contributed by atoms with E-state index < -0.39 is 0 Å². The quantitative estimate of drug-likeness (QED) is 0.681. The number of carbonyl (C=O) groups excluding carboxylic acids is 1. The number of amides is 1. The third kappa shape index (κ3) is 3.55. The minimum absolute atomic E-state index is 0.0219. The van der Waals surface area contributed by atoms with E-state index in [2.05, 4.69) is 34.3 Å². The summed E-state index contributed by atoms with van der Waals surface area (Å²) in [6, 6.07) is 11.6. The Balaban J connectivity index is 1.43. The molecule has 0 bridgehead atoms. The fourth-order valence-electron chi connectivity index (χ4n) is 3.49. The Morgan fingerprint density at radius 1 is 1.27 bits per heavy atom. The molecule has 0 aliphatic carbocycles. The molecular formula is C20H20ClN3OS. The highest BCUT2D eigenvalue weighted by molar-refractivity contribution is 7.19. The van der Waals surface area contributed by atoms with E-state index in [4.69, 9.17) is 11.6 Å². The molecule has 0 radical (unpaired) electrons. The van der Waals surface area contributed by atoms with Gasteiger partial charge in [0.1, 0.15) is 5.82 Å². The van der Waals surface area contributed by atoms with E-state index in [-0.39, 0.29) is 11.8 Å². The third-order valence-corrected chi connectivity index (χ3v) is 6.06. The fraction of sp³-hybridized carbons (Fsp3) is 0.300. The van der Waals surface area contributed by atoms with Gasteiger partial charge in [0.05, 0.1) is 0 Å². The van der Waals surface area contributed by atoms with Crippen molar-refractivity contribution in [1.82, 2.24) is 4.98 Å². The van der Waals surface area contributed by atoms with Crippen LogP contribution in [0, 0.1) is 12.8 Å². The number of piperidine rings is 1. The molecule has 0 spiro atoms. The minimum atomic E-state index is 0.0219. The molecule has 1 aliphatic heterocycles. The predicted octanol–water partition coefficient (Wildman–Crippen LogP) is 5.11. The summed E-state index contributed by atoms with van der Waals surface area (Å²) < 4.78 is 1.27. The summed E-state index contributed by atoms with van der Waals surface area (Å²) in [5.41, 5.74) is 0.755. The molecule has 134 valence electrons. The summed E-state index contributed by atoms with van der Waals surface area (Å²) in [4.78, 5) is 20.8. The SMILES string of the molecule is Cc1cc2c(N3CCC(C(=O)Nc4cccc(Cl)c4)CC3)nccc2s1. The summed E-state index contributed by atoms with van der Waals surface area (Å²) in [5, 5.41) is 4.83. The molecule has 1 fully saturated rings. The van der Waals surface area contributed by atoms with Gasteiger partial charge in [-0.1, -0.05) is 17.7 Å². The standard InChI is InChI=1S/C20H20ClN3OS/c1-13-11-17-18(26-13)5-8-22-19(17)24-9-6-14(7-10-24)20(25)23-16-4-2-3-15(21)12-16/h2-5,8,11-12,14H,6-7,9-10H2,1H3,(H,23,25). The molecule has 0 atom stereocenters. The first-order chi connectivity index (χ1) is 12.6. The molecule has 0 saturated carbocycles. The number of hydrogen-bond acceptors (Lipinski definition) is 4. The zero-order valence-corrected chi connectivity index (χ0v) is 16.1. The molecule has 26 heavy (non-hydrogen) atoms. The Hall–Kier alpha value is -2.11. The van der Waals surface area contributed by atoms with Gasteiger partial charge in [-0.05, 0) is 50.1 Å². The predicted molar refractivity (Wildman–Crippen MR) is 109 cm³/mol. The van der Waals surface area contributed by atoms with E-state index in [0.717, 1.165) is 37.4 Å². The van der Waals surface area contributed by atoms with Gasteiger partial charge in [-0.25, -0.2) is 4.98 Å². The van der Waals surface area contributed by atoms with Crippen molar-refractivity contribution in [2.45, 2.75) is 19.8 Å². The van der Waals surface area contributed by atoms with Crippen molar-refractivity contribution >= 4 is 50.4 Å². The van der Waals surface area contributed by atoms with E-state index in [1.165, 1.54) is 15.0 Å². The lowest BCUT2D eigenvalue weighted by molar-refractivity contribution is -0.120. The van der Waals surface area contributed by atoms with Crippen molar-refractivity contribution < 1.29 is 4.79 Å². The summed E-state index contributed by atoms with van der Waals surface area (Å²) in [7, 11) is 0. The molecule has 3 aromatic rings. The number of nitrogens with one attached hydrogen (secondary N) is 1. The molecule has 1 aliphatic rings. The first kappa shape index (κ1) is 17.3. The molecule has 2 aromatic heterocycles. The van der Waals surface area contributed by atoms with Gasteiger partial charge < -0.3 is 10.2 Å². The number of aromatic nitrogens is 1. The molecule has 1 N–H and O–H groups in total. The second-order valence-corrected chi connectivity index (χ2v) is 8.39. The lowest BCUT2D eigenvalue weighted by atomic mass is 9.95. The van der Waals surface area contributed by atoms with Gasteiger partial charge in [-0.2, -0.15) is 0 Å². The number of nitrogens with zero attached hydrogens (tertiary/aromatic N) is 2. The second kappa shape index (κ2) is 7.25. The molecule has 1 amide bonds. The molecular weight excluding hydrogens is 366 g/mol. The topological polar surface area (TPSA) is 45.2 Å². The van der Waals surface area contributed by atoms with Crippen LogP contribution in [0.4, 0.5) is 11.5 Å². The minimum Gasteiger partial charge on any atom is -0.356 e. The van der Waals surface area contributed by atoms with E-state index in [1.54, 1.807) is 23.5 Å². The number of thiophene rings is 1. The second-order valence-electron chi connectivity index (χ2n) is 6.66. The number of carbonyl (C=O) groups is 1. The summed E-state index contributed by atoms with van der Waals surface area (Å²) >= 11 is 7.78. The van der Waals surface area contributed by atoms with Crippen molar-refractivity contribution in [1.29, 1.82) is 0 Å². The van der Waals surface area contributed by atoms with E-state index in [9.17, 15) is 4.79 Å². The number of halogens is 1. The highest BCUT2D eigenvalue weighted by Gasteiger charge is 2.26. The normalized spacial score (nSPS) is 15.4. The van der Waals surface area contributed by atoms with Gasteiger partial charge in [0.2, 0.25) is 5.91 Å². The van der Waals surface area contributed by atoms with Crippen LogP contribution < -0.4 is 10.2 Å². The zero-order chi connectivity index (χ0) is 18.1. The van der Waals surface area contributed by atoms with E-state index in [0.29, 0.717) is 5.02 Å². The fourth-order valence-corrected chi connectivity index (χ4v) is 4.59. The van der Waals surface area contributed by atoms with Gasteiger partial charge in [0.15, 0.2) is 0 Å². The Morgan fingerprint density at radius 2 is 2.08 bits per heavy atom. The van der Waals surface area contributed by atoms with Crippen LogP contribution in [0.5, 0.6) is 0 Å². The third-order valence-electron chi connectivity index (χ3n) is 4.81. The number of rotatable bonds is 3. The van der Waals surface area contributed by atoms with Gasteiger partial charge in [0.25, 0.3) is 0 Å². The summed E-state index contributed by atoms with van der Waals surface area (Å²) in [6.07, 6.45) is 3.53. The molecule has 0 unspecified atom stereocenters. The summed E-state index contributed by atoms with van der Waals surface area (Å²) in [5.74, 6) is 1.14. The van der Waals surface area contributed by atoms with Crippen LogP contribution in [0.25, 0.3) is 10.1 Å². The van der Waals surface area contributed by atoms with Gasteiger partial charge >= 0.3 is 0 Å². The maximum atomic E-state index is 12.6. The van der Waals surface area contributed by atoms with Gasteiger partial charge in [0, 0.05) is 50.9 Å². The lowest BCUT2D eigenvalue weighted by Gasteiger charge is -2.32. The lowest BCUT2D eigenvalue weighted by Crippen LogP contribution is -2.38. The van der Waals surface area contributed by atoms with Crippen LogP contribution in [0.3, 0.4) is 0 Å². The first-order valence-electron chi connectivity index (χ1n) is 8.77. The van der Waals surface area contributed by atoms with Crippen LogP contribution >= 0.6 is 22.9 Å². The average molecular weight is 386 g/mol. The van der Waals surface area contributed by atoms with Gasteiger partial charge in [-0.15, -0.1) is 11.3 Å². The smallest absolute Gasteiger partial charge is 0.227 e. The first-order valence-corrected chi connectivity index (χ1v) is 9.96. The number of fused-ring (bicyclic) bond motifs is 1. The highest BCUT2D eigenvalue weighted by atomic mass is 35.5. The monoisotopic (exact) mass is 385 g/mol. The van der Waals surface area contributed by atoms with Crippen molar-refractivity contribution in [3.05, 3.63) is 52.5 Å². The zero-order valence-electron chi connectivity index (χ0n) is 14.5. The average Bonchev–Trinajstić information content (AvgIpc) is 3.02. The van der Waals surface area contributed by atoms with Crippen LogP contribution in [-0.2, 0) is 4.79 Å². The summed E-state index contributed by atoms with van der Waals surface area (Å²) in [6.45, 7) is 3.81. The highest BCUT2D eigenvalue weighted by Crippen LogP contribution is 2.33. The number of aryl methyl sites for hydroxylation is 1. The number of benzene rings is 1. The maximum absolute atomic E-state index is 12.6. The molecule has 4 rings (SSSR count). The molecule has 1 saturated heterocycles. The Morgan fingerprint density at radius 3 is 2.85 bits per heavy atom. The number of pyridine rings is 1. The molecule has 4 nitrogen and oxygen atoms in total. The van der Waals surface area contributed by atoms with Crippen molar-refractivity contribution in [3.63, 3.8) is 0 Å². The Labute approximate surface area is 161 Å². The Kier molecular flexibility index (Phi) is 4.83. The van der Waals surface area contributed by atoms with Crippen LogP contribution in [-0.4, -0.2) is 24.0 Å². The van der Waals surface area contributed by atoms with Crippen molar-refractivity contribution in [2.75, 3.05) is 23.3 Å². The Bertz CT molecular complexity index is 947. The molecule has 3 heterocycles.